The highest BCUT2D eigenvalue weighted by Crippen LogP contribution is 2.40. The van der Waals surface area contributed by atoms with Gasteiger partial charge in [-0.1, -0.05) is 12.8 Å². The second-order valence-electron chi connectivity index (χ2n) is 3.55. The lowest BCUT2D eigenvalue weighted by atomic mass is 9.68. The topological polar surface area (TPSA) is 64.2 Å². The minimum Gasteiger partial charge on any atom is -0.396 e. The molecule has 1 aliphatic carbocycles. The summed E-state index contributed by atoms with van der Waals surface area (Å²) in [6.07, 6.45) is 3.65. The summed E-state index contributed by atoms with van der Waals surface area (Å²) in [5, 5.41) is 27.1. The Morgan fingerprint density at radius 2 is 2.17 bits per heavy atom. The van der Waals surface area contributed by atoms with E-state index in [1.165, 1.54) is 0 Å². The van der Waals surface area contributed by atoms with Crippen LogP contribution in [0, 0.1) is 22.7 Å². The minimum absolute atomic E-state index is 0.0219. The van der Waals surface area contributed by atoms with Crippen molar-refractivity contribution >= 4 is 0 Å². The lowest BCUT2D eigenvalue weighted by Crippen LogP contribution is -2.37. The zero-order chi connectivity index (χ0) is 9.03. The van der Waals surface area contributed by atoms with E-state index in [0.29, 0.717) is 0 Å². The molecule has 0 amide bonds. The van der Waals surface area contributed by atoms with Gasteiger partial charge in [0.25, 0.3) is 0 Å². The van der Waals surface area contributed by atoms with Gasteiger partial charge in [0.2, 0.25) is 0 Å². The van der Waals surface area contributed by atoms with Crippen molar-refractivity contribution in [3.8, 4) is 6.07 Å². The molecule has 0 aliphatic heterocycles. The molecule has 0 saturated heterocycles. The molecule has 0 radical (unpaired) electrons. The van der Waals surface area contributed by atoms with Crippen LogP contribution in [0.4, 0.5) is 0 Å². The van der Waals surface area contributed by atoms with Crippen molar-refractivity contribution in [1.29, 1.82) is 5.26 Å². The van der Waals surface area contributed by atoms with E-state index in [1.54, 1.807) is 0 Å². The molecule has 0 aromatic carbocycles. The zero-order valence-electron chi connectivity index (χ0n) is 7.16. The van der Waals surface area contributed by atoms with Crippen LogP contribution in [0.5, 0.6) is 0 Å². The van der Waals surface area contributed by atoms with Crippen molar-refractivity contribution < 1.29 is 10.2 Å². The Morgan fingerprint density at radius 3 is 2.58 bits per heavy atom. The Kier molecular flexibility index (Phi) is 3.07. The van der Waals surface area contributed by atoms with Gasteiger partial charge in [-0.3, -0.25) is 0 Å². The van der Waals surface area contributed by atoms with Crippen LogP contribution in [-0.4, -0.2) is 23.4 Å². The Labute approximate surface area is 72.6 Å². The van der Waals surface area contributed by atoms with Gasteiger partial charge in [0.1, 0.15) is 0 Å². The molecule has 0 aromatic rings. The number of nitriles is 1. The third kappa shape index (κ3) is 1.45. The maximum Gasteiger partial charge on any atom is 0.0853 e. The van der Waals surface area contributed by atoms with Crippen LogP contribution in [0.3, 0.4) is 0 Å². The Bertz CT molecular complexity index is 187. The van der Waals surface area contributed by atoms with E-state index in [-0.39, 0.29) is 19.1 Å². The molecule has 1 saturated carbocycles. The molecule has 0 bridgehead atoms. The molecule has 0 heterocycles. The monoisotopic (exact) mass is 169 g/mol. The average Bonchev–Trinajstić information content (AvgIpc) is 2.17. The van der Waals surface area contributed by atoms with Crippen molar-refractivity contribution in [3.63, 3.8) is 0 Å². The molecule has 0 spiro atoms. The lowest BCUT2D eigenvalue weighted by molar-refractivity contribution is 0.0372. The third-order valence-electron chi connectivity index (χ3n) is 2.93. The average molecular weight is 169 g/mol. The molecule has 12 heavy (non-hydrogen) atoms. The summed E-state index contributed by atoms with van der Waals surface area (Å²) >= 11 is 0. The molecule has 1 rings (SSSR count). The first-order chi connectivity index (χ1) is 5.79. The molecular weight excluding hydrogens is 154 g/mol. The molecule has 0 unspecified atom stereocenters. The van der Waals surface area contributed by atoms with Crippen molar-refractivity contribution in [1.82, 2.24) is 0 Å². The third-order valence-corrected chi connectivity index (χ3v) is 2.93. The highest BCUT2D eigenvalue weighted by molar-refractivity contribution is 5.04. The molecule has 2 atom stereocenters. The highest BCUT2D eigenvalue weighted by atomic mass is 16.3. The van der Waals surface area contributed by atoms with Gasteiger partial charge >= 0.3 is 0 Å². The fourth-order valence-corrected chi connectivity index (χ4v) is 1.97. The van der Waals surface area contributed by atoms with Crippen LogP contribution in [0.15, 0.2) is 0 Å². The van der Waals surface area contributed by atoms with E-state index in [4.69, 9.17) is 15.5 Å². The van der Waals surface area contributed by atoms with Crippen molar-refractivity contribution in [3.05, 3.63) is 0 Å². The summed E-state index contributed by atoms with van der Waals surface area (Å²) in [7, 11) is 0. The Morgan fingerprint density at radius 1 is 1.42 bits per heavy atom. The molecule has 2 N–H and O–H groups in total. The first-order valence-electron chi connectivity index (χ1n) is 4.42. The van der Waals surface area contributed by atoms with E-state index in [0.717, 1.165) is 25.7 Å². The predicted octanol–water partition coefficient (Wildman–Crippen LogP) is 0.671. The summed E-state index contributed by atoms with van der Waals surface area (Å²) in [5.74, 6) is -0.0266. The Hall–Kier alpha value is -0.590. The van der Waals surface area contributed by atoms with E-state index in [1.807, 2.05) is 0 Å². The summed E-state index contributed by atoms with van der Waals surface area (Å²) in [4.78, 5) is 0. The van der Waals surface area contributed by atoms with Crippen molar-refractivity contribution in [2.75, 3.05) is 13.2 Å². The maximum atomic E-state index is 9.11. The quantitative estimate of drug-likeness (QED) is 0.638. The largest absolute Gasteiger partial charge is 0.396 e. The zero-order valence-corrected chi connectivity index (χ0v) is 7.16. The second kappa shape index (κ2) is 3.88. The van der Waals surface area contributed by atoms with Gasteiger partial charge in [0.05, 0.1) is 18.1 Å². The summed E-state index contributed by atoms with van der Waals surface area (Å²) in [6.45, 7) is -0.0944. The maximum absolute atomic E-state index is 9.11. The summed E-state index contributed by atoms with van der Waals surface area (Å²) in [5.41, 5.74) is -0.660. The molecular formula is C9H15NO2. The van der Waals surface area contributed by atoms with Crippen LogP contribution < -0.4 is 0 Å². The van der Waals surface area contributed by atoms with Gasteiger partial charge in [0.15, 0.2) is 0 Å². The van der Waals surface area contributed by atoms with Crippen LogP contribution in [0.1, 0.15) is 25.7 Å². The second-order valence-corrected chi connectivity index (χ2v) is 3.55. The van der Waals surface area contributed by atoms with Gasteiger partial charge in [-0.05, 0) is 12.8 Å². The van der Waals surface area contributed by atoms with Crippen LogP contribution in [-0.2, 0) is 0 Å². The molecule has 3 nitrogen and oxygen atoms in total. The van der Waals surface area contributed by atoms with Gasteiger partial charge in [-0.2, -0.15) is 5.26 Å². The molecule has 1 aliphatic rings. The van der Waals surface area contributed by atoms with Gasteiger partial charge in [-0.15, -0.1) is 0 Å². The molecule has 68 valence electrons. The fourth-order valence-electron chi connectivity index (χ4n) is 1.97. The number of aliphatic hydroxyl groups excluding tert-OH is 2. The lowest BCUT2D eigenvalue weighted by Gasteiger charge is -2.36. The van der Waals surface area contributed by atoms with Crippen molar-refractivity contribution in [2.24, 2.45) is 11.3 Å². The molecule has 3 heteroatoms. The SMILES string of the molecule is N#C[C@@]1(CO)CCCC[C@H]1CO. The normalized spacial score (nSPS) is 35.9. The number of hydrogen-bond acceptors (Lipinski definition) is 3. The predicted molar refractivity (Wildman–Crippen MR) is 44.2 cm³/mol. The van der Waals surface area contributed by atoms with Crippen LogP contribution in [0.2, 0.25) is 0 Å². The number of hydrogen-bond donors (Lipinski definition) is 2. The number of rotatable bonds is 2. The molecule has 0 aromatic heterocycles. The van der Waals surface area contributed by atoms with E-state index < -0.39 is 5.41 Å². The van der Waals surface area contributed by atoms with E-state index >= 15 is 0 Å². The van der Waals surface area contributed by atoms with Crippen LogP contribution in [0.25, 0.3) is 0 Å². The van der Waals surface area contributed by atoms with E-state index in [9.17, 15) is 0 Å². The first-order valence-corrected chi connectivity index (χ1v) is 4.42. The smallest absolute Gasteiger partial charge is 0.0853 e. The van der Waals surface area contributed by atoms with Gasteiger partial charge in [-0.25, -0.2) is 0 Å². The van der Waals surface area contributed by atoms with Gasteiger partial charge < -0.3 is 10.2 Å². The first kappa shape index (κ1) is 9.50. The highest BCUT2D eigenvalue weighted by Gasteiger charge is 2.40. The summed E-state index contributed by atoms with van der Waals surface area (Å²) in [6, 6.07) is 2.16. The number of nitrogens with zero attached hydrogens (tertiary/aromatic N) is 1. The van der Waals surface area contributed by atoms with E-state index in [2.05, 4.69) is 6.07 Å². The van der Waals surface area contributed by atoms with Gasteiger partial charge in [0, 0.05) is 12.5 Å². The standard InChI is InChI=1S/C9H15NO2/c10-6-9(7-12)4-2-1-3-8(9)5-11/h8,11-12H,1-5,7H2/t8-,9+/m0/s1. The van der Waals surface area contributed by atoms with Crippen molar-refractivity contribution in [2.45, 2.75) is 25.7 Å². The minimum atomic E-state index is -0.660. The summed E-state index contributed by atoms with van der Waals surface area (Å²) < 4.78 is 0. The van der Waals surface area contributed by atoms with Crippen LogP contribution >= 0.6 is 0 Å². The molecule has 1 fully saturated rings. The fraction of sp³-hybridized carbons (Fsp3) is 0.889. The number of aliphatic hydroxyl groups is 2. The Balaban J connectivity index is 2.75.